The molecule has 1 aliphatic heterocycles. The highest BCUT2D eigenvalue weighted by molar-refractivity contribution is 7.89. The van der Waals surface area contributed by atoms with Gasteiger partial charge in [0.15, 0.2) is 11.6 Å². The fourth-order valence-corrected chi connectivity index (χ4v) is 5.84. The predicted molar refractivity (Wildman–Crippen MR) is 125 cm³/mol. The minimum Gasteiger partial charge on any atom is -0.355 e. The van der Waals surface area contributed by atoms with Crippen LogP contribution in [-0.4, -0.2) is 66.9 Å². The van der Waals surface area contributed by atoms with Gasteiger partial charge in [-0.1, -0.05) is 32.4 Å². The first kappa shape index (κ1) is 24.4. The smallest absolute Gasteiger partial charge is 0.243 e. The quantitative estimate of drug-likeness (QED) is 0.582. The number of benzene rings is 1. The molecular weight excluding hydrogens is 426 g/mol. The second kappa shape index (κ2) is 10.1. The van der Waals surface area contributed by atoms with Gasteiger partial charge < -0.3 is 4.98 Å². The summed E-state index contributed by atoms with van der Waals surface area (Å²) in [6.45, 7) is 9.21. The van der Waals surface area contributed by atoms with E-state index in [0.29, 0.717) is 48.8 Å². The van der Waals surface area contributed by atoms with E-state index < -0.39 is 10.0 Å². The summed E-state index contributed by atoms with van der Waals surface area (Å²) in [6.07, 6.45) is 2.55. The number of nitrogens with zero attached hydrogens (tertiary/aromatic N) is 2. The Labute approximate surface area is 190 Å². The standard InChI is InChI=1S/C24H33N3O4S/c1-5-7-19-8-10-20(11-9-19)32(30,31)27-14-12-26(13-15-27)16-22(29)24-21(6-2)23(18(4)28)17(3)25-24/h8-11,25H,5-7,12-16H2,1-4H3. The minimum atomic E-state index is -3.54. The van der Waals surface area contributed by atoms with Gasteiger partial charge in [0.1, 0.15) is 0 Å². The molecule has 0 atom stereocenters. The van der Waals surface area contributed by atoms with E-state index in [4.69, 9.17) is 0 Å². The zero-order chi connectivity index (χ0) is 23.5. The van der Waals surface area contributed by atoms with Gasteiger partial charge >= 0.3 is 0 Å². The van der Waals surface area contributed by atoms with Gasteiger partial charge in [0.25, 0.3) is 0 Å². The molecule has 0 saturated carbocycles. The van der Waals surface area contributed by atoms with Gasteiger partial charge in [0, 0.05) is 37.4 Å². The first-order valence-corrected chi connectivity index (χ1v) is 12.7. The van der Waals surface area contributed by atoms with Crippen molar-refractivity contribution in [2.45, 2.75) is 51.9 Å². The maximum Gasteiger partial charge on any atom is 0.243 e. The minimum absolute atomic E-state index is 0.0452. The Morgan fingerprint density at radius 3 is 2.19 bits per heavy atom. The van der Waals surface area contributed by atoms with E-state index in [2.05, 4.69) is 11.9 Å². The van der Waals surface area contributed by atoms with Crippen LogP contribution in [0.3, 0.4) is 0 Å². The first-order valence-electron chi connectivity index (χ1n) is 11.3. The molecule has 0 bridgehead atoms. The molecule has 174 valence electrons. The number of piperazine rings is 1. The number of rotatable bonds is 9. The lowest BCUT2D eigenvalue weighted by molar-refractivity contribution is 0.0896. The number of carbonyl (C=O) groups is 2. The van der Waals surface area contributed by atoms with Gasteiger partial charge in [-0.3, -0.25) is 14.5 Å². The van der Waals surface area contributed by atoms with Gasteiger partial charge in [-0.05, 0) is 49.9 Å². The Hall–Kier alpha value is -2.29. The van der Waals surface area contributed by atoms with E-state index in [1.165, 1.54) is 11.2 Å². The summed E-state index contributed by atoms with van der Waals surface area (Å²) in [7, 11) is -3.54. The number of hydrogen-bond acceptors (Lipinski definition) is 5. The number of H-pyrrole nitrogens is 1. The summed E-state index contributed by atoms with van der Waals surface area (Å²) in [5.41, 5.74) is 3.73. The lowest BCUT2D eigenvalue weighted by atomic mass is 10.0. The molecule has 1 saturated heterocycles. The molecule has 0 radical (unpaired) electrons. The summed E-state index contributed by atoms with van der Waals surface area (Å²) in [6, 6.07) is 7.12. The molecule has 3 rings (SSSR count). The predicted octanol–water partition coefficient (Wildman–Crippen LogP) is 3.23. The lowest BCUT2D eigenvalue weighted by Crippen LogP contribution is -2.49. The first-order chi connectivity index (χ1) is 15.2. The Morgan fingerprint density at radius 2 is 1.66 bits per heavy atom. The molecule has 2 aromatic rings. The molecule has 8 heteroatoms. The van der Waals surface area contributed by atoms with Crippen molar-refractivity contribution >= 4 is 21.6 Å². The highest BCUT2D eigenvalue weighted by atomic mass is 32.2. The summed E-state index contributed by atoms with van der Waals surface area (Å²) >= 11 is 0. The summed E-state index contributed by atoms with van der Waals surface area (Å²) in [4.78, 5) is 30.3. The molecule has 1 aromatic carbocycles. The van der Waals surface area contributed by atoms with Gasteiger partial charge in [-0.25, -0.2) is 8.42 Å². The lowest BCUT2D eigenvalue weighted by Gasteiger charge is -2.33. The molecule has 32 heavy (non-hydrogen) atoms. The van der Waals surface area contributed by atoms with Gasteiger partial charge in [-0.15, -0.1) is 0 Å². The number of hydrogen-bond donors (Lipinski definition) is 1. The zero-order valence-corrected chi connectivity index (χ0v) is 20.2. The van der Waals surface area contributed by atoms with Crippen molar-refractivity contribution in [3.05, 3.63) is 52.3 Å². The van der Waals surface area contributed by atoms with Crippen LogP contribution in [0.2, 0.25) is 0 Å². The van der Waals surface area contributed by atoms with Gasteiger partial charge in [0.05, 0.1) is 17.1 Å². The fraction of sp³-hybridized carbons (Fsp3) is 0.500. The summed E-state index contributed by atoms with van der Waals surface area (Å²) in [5.74, 6) is -0.114. The van der Waals surface area contributed by atoms with Crippen LogP contribution >= 0.6 is 0 Å². The van der Waals surface area contributed by atoms with Crippen LogP contribution in [-0.2, 0) is 22.9 Å². The van der Waals surface area contributed by atoms with Gasteiger partial charge in [0.2, 0.25) is 10.0 Å². The van der Waals surface area contributed by atoms with Crippen LogP contribution in [0.4, 0.5) is 0 Å². The monoisotopic (exact) mass is 459 g/mol. The van der Waals surface area contributed by atoms with Crippen molar-refractivity contribution in [1.29, 1.82) is 0 Å². The Balaban J connectivity index is 1.64. The fourth-order valence-electron chi connectivity index (χ4n) is 4.42. The van der Waals surface area contributed by atoms with E-state index >= 15 is 0 Å². The topological polar surface area (TPSA) is 90.6 Å². The van der Waals surface area contributed by atoms with E-state index in [-0.39, 0.29) is 18.1 Å². The Bertz CT molecular complexity index is 1080. The van der Waals surface area contributed by atoms with E-state index in [9.17, 15) is 18.0 Å². The van der Waals surface area contributed by atoms with Crippen LogP contribution in [0, 0.1) is 6.92 Å². The molecule has 2 heterocycles. The molecular formula is C24H33N3O4S. The third-order valence-corrected chi connectivity index (χ3v) is 7.99. The largest absolute Gasteiger partial charge is 0.355 e. The third kappa shape index (κ3) is 5.03. The highest BCUT2D eigenvalue weighted by Crippen LogP contribution is 2.22. The molecule has 1 aromatic heterocycles. The number of aryl methyl sites for hydroxylation is 2. The summed E-state index contributed by atoms with van der Waals surface area (Å²) < 4.78 is 27.5. The van der Waals surface area contributed by atoms with Crippen LogP contribution in [0.25, 0.3) is 0 Å². The van der Waals surface area contributed by atoms with Crippen molar-refractivity contribution in [2.75, 3.05) is 32.7 Å². The molecule has 0 unspecified atom stereocenters. The van der Waals surface area contributed by atoms with Gasteiger partial charge in [-0.2, -0.15) is 4.31 Å². The van der Waals surface area contributed by atoms with Crippen molar-refractivity contribution in [2.24, 2.45) is 0 Å². The number of aromatic nitrogens is 1. The Kier molecular flexibility index (Phi) is 7.69. The third-order valence-electron chi connectivity index (χ3n) is 6.07. The molecule has 0 spiro atoms. The number of Topliss-reactive ketones (excluding diaryl/α,β-unsaturated/α-hetero) is 2. The molecule has 1 aliphatic rings. The van der Waals surface area contributed by atoms with E-state index in [1.54, 1.807) is 12.1 Å². The summed E-state index contributed by atoms with van der Waals surface area (Å²) in [5, 5.41) is 0. The van der Waals surface area contributed by atoms with Crippen LogP contribution in [0.1, 0.15) is 64.9 Å². The average molecular weight is 460 g/mol. The molecule has 0 aliphatic carbocycles. The number of nitrogens with one attached hydrogen (secondary N) is 1. The molecule has 0 amide bonds. The van der Waals surface area contributed by atoms with Crippen molar-refractivity contribution in [1.82, 2.24) is 14.2 Å². The van der Waals surface area contributed by atoms with Crippen LogP contribution in [0.5, 0.6) is 0 Å². The zero-order valence-electron chi connectivity index (χ0n) is 19.4. The van der Waals surface area contributed by atoms with E-state index in [0.717, 1.165) is 29.7 Å². The van der Waals surface area contributed by atoms with Crippen molar-refractivity contribution < 1.29 is 18.0 Å². The highest BCUT2D eigenvalue weighted by Gasteiger charge is 2.30. The number of ketones is 2. The Morgan fingerprint density at radius 1 is 1.03 bits per heavy atom. The van der Waals surface area contributed by atoms with E-state index in [1.807, 2.05) is 30.9 Å². The second-order valence-corrected chi connectivity index (χ2v) is 10.3. The maximum absolute atomic E-state index is 13.0. The number of carbonyl (C=O) groups excluding carboxylic acids is 2. The number of sulfonamides is 1. The molecule has 1 N–H and O–H groups in total. The second-order valence-electron chi connectivity index (χ2n) is 8.39. The molecule has 7 nitrogen and oxygen atoms in total. The van der Waals surface area contributed by atoms with Crippen molar-refractivity contribution in [3.8, 4) is 0 Å². The van der Waals surface area contributed by atoms with Crippen LogP contribution < -0.4 is 0 Å². The van der Waals surface area contributed by atoms with Crippen LogP contribution in [0.15, 0.2) is 29.2 Å². The normalized spacial score (nSPS) is 15.8. The number of aromatic amines is 1. The molecule has 1 fully saturated rings. The average Bonchev–Trinajstić information content (AvgIpc) is 3.11. The SMILES string of the molecule is CCCc1ccc(S(=O)(=O)N2CCN(CC(=O)c3[nH]c(C)c(C(C)=O)c3CC)CC2)cc1. The van der Waals surface area contributed by atoms with Crippen molar-refractivity contribution in [3.63, 3.8) is 0 Å². The maximum atomic E-state index is 13.0.